The van der Waals surface area contributed by atoms with Gasteiger partial charge < -0.3 is 0 Å². The lowest BCUT2D eigenvalue weighted by molar-refractivity contribution is 0.542. The maximum absolute atomic E-state index is 4.50. The van der Waals surface area contributed by atoms with Crippen molar-refractivity contribution in [1.29, 1.82) is 0 Å². The van der Waals surface area contributed by atoms with E-state index >= 15 is 0 Å². The average molecular weight is 168 g/mol. The van der Waals surface area contributed by atoms with Crippen molar-refractivity contribution in [1.82, 2.24) is 0 Å². The van der Waals surface area contributed by atoms with Crippen molar-refractivity contribution >= 4 is 12.6 Å². The first-order chi connectivity index (χ1) is 5.03. The zero-order valence-corrected chi connectivity index (χ0v) is 8.41. The average Bonchev–Trinajstić information content (AvgIpc) is 2.39. The number of hydrogen-bond acceptors (Lipinski definition) is 1. The molecule has 0 spiro atoms. The summed E-state index contributed by atoms with van der Waals surface area (Å²) in [6.45, 7) is 7.01. The number of rotatable bonds is 0. The highest BCUT2D eigenvalue weighted by molar-refractivity contribution is 7.84. The Morgan fingerprint density at radius 2 is 1.82 bits per heavy atom. The highest BCUT2D eigenvalue weighted by atomic mass is 32.1. The van der Waals surface area contributed by atoms with Gasteiger partial charge >= 0.3 is 0 Å². The molecule has 0 aromatic carbocycles. The minimum absolute atomic E-state index is 0.617. The third kappa shape index (κ3) is 0.970. The van der Waals surface area contributed by atoms with E-state index in [0.29, 0.717) is 5.41 Å². The van der Waals surface area contributed by atoms with Crippen LogP contribution in [-0.2, 0) is 0 Å². The fourth-order valence-electron chi connectivity index (χ4n) is 2.50. The van der Waals surface area contributed by atoms with Crippen molar-refractivity contribution in [2.45, 2.75) is 33.6 Å². The first-order valence-corrected chi connectivity index (χ1v) is 4.86. The van der Waals surface area contributed by atoms with Gasteiger partial charge in [-0.1, -0.05) is 19.4 Å². The number of fused-ring (bicyclic) bond motifs is 1. The van der Waals surface area contributed by atoms with E-state index in [9.17, 15) is 0 Å². The van der Waals surface area contributed by atoms with Gasteiger partial charge in [-0.05, 0) is 41.9 Å². The van der Waals surface area contributed by atoms with Gasteiger partial charge in [-0.2, -0.15) is 0 Å². The van der Waals surface area contributed by atoms with Gasteiger partial charge in [-0.3, -0.25) is 0 Å². The Bertz CT molecular complexity index is 203. The zero-order valence-electron chi connectivity index (χ0n) is 7.52. The minimum atomic E-state index is 0.617. The molecule has 2 aliphatic rings. The van der Waals surface area contributed by atoms with E-state index in [4.69, 9.17) is 0 Å². The Morgan fingerprint density at radius 3 is 2.36 bits per heavy atom. The van der Waals surface area contributed by atoms with Crippen molar-refractivity contribution < 1.29 is 0 Å². The van der Waals surface area contributed by atoms with Crippen LogP contribution in [0.4, 0.5) is 0 Å². The van der Waals surface area contributed by atoms with Crippen LogP contribution in [0.2, 0.25) is 0 Å². The molecule has 1 heteroatoms. The molecule has 2 aliphatic carbocycles. The zero-order chi connectivity index (χ0) is 8.22. The van der Waals surface area contributed by atoms with Crippen LogP contribution in [0.25, 0.3) is 0 Å². The van der Waals surface area contributed by atoms with Gasteiger partial charge in [-0.15, -0.1) is 12.6 Å². The topological polar surface area (TPSA) is 0 Å². The molecule has 0 bridgehead atoms. The second-order valence-corrected chi connectivity index (χ2v) is 5.21. The van der Waals surface area contributed by atoms with Gasteiger partial charge in [0, 0.05) is 0 Å². The van der Waals surface area contributed by atoms with Crippen molar-refractivity contribution in [3.63, 3.8) is 0 Å². The molecule has 0 heterocycles. The molecule has 1 fully saturated rings. The summed E-state index contributed by atoms with van der Waals surface area (Å²) in [6, 6.07) is 0. The molecule has 62 valence electrons. The highest BCUT2D eigenvalue weighted by Gasteiger charge is 2.58. The molecule has 0 saturated heterocycles. The van der Waals surface area contributed by atoms with Crippen molar-refractivity contribution in [3.05, 3.63) is 10.5 Å². The SMILES string of the molecule is CC1=C(S)CC2C(C1)C2(C)C. The lowest BCUT2D eigenvalue weighted by atomic mass is 10.0. The third-order valence-electron chi connectivity index (χ3n) is 3.72. The molecule has 1 saturated carbocycles. The Kier molecular flexibility index (Phi) is 1.45. The largest absolute Gasteiger partial charge is 0.148 e. The predicted molar refractivity (Wildman–Crippen MR) is 51.7 cm³/mol. The lowest BCUT2D eigenvalue weighted by Gasteiger charge is -2.11. The summed E-state index contributed by atoms with van der Waals surface area (Å²) in [5, 5.41) is 0. The van der Waals surface area contributed by atoms with Crippen LogP contribution in [0, 0.1) is 17.3 Å². The van der Waals surface area contributed by atoms with Gasteiger partial charge in [0.1, 0.15) is 0 Å². The van der Waals surface area contributed by atoms with Crippen LogP contribution in [0.1, 0.15) is 33.6 Å². The molecule has 0 aliphatic heterocycles. The Hall–Kier alpha value is 0.0900. The summed E-state index contributed by atoms with van der Waals surface area (Å²) >= 11 is 4.50. The van der Waals surface area contributed by atoms with Crippen molar-refractivity contribution in [3.8, 4) is 0 Å². The van der Waals surface area contributed by atoms with Crippen molar-refractivity contribution in [2.75, 3.05) is 0 Å². The van der Waals surface area contributed by atoms with E-state index in [1.54, 1.807) is 0 Å². The van der Waals surface area contributed by atoms with E-state index < -0.39 is 0 Å². The first kappa shape index (κ1) is 7.72. The second-order valence-electron chi connectivity index (χ2n) is 4.67. The van der Waals surface area contributed by atoms with E-state index in [1.165, 1.54) is 23.3 Å². The standard InChI is InChI=1S/C10H16S/c1-6-4-7-8(5-9(6)11)10(7,2)3/h7-8,11H,4-5H2,1-3H3. The Labute approximate surface area is 74.5 Å². The molecular formula is C10H16S. The highest BCUT2D eigenvalue weighted by Crippen LogP contribution is 2.65. The molecule has 0 amide bonds. The van der Waals surface area contributed by atoms with Crippen LogP contribution < -0.4 is 0 Å². The number of thiol groups is 1. The molecule has 11 heavy (non-hydrogen) atoms. The molecular weight excluding hydrogens is 152 g/mol. The van der Waals surface area contributed by atoms with Gasteiger partial charge in [0.15, 0.2) is 0 Å². The minimum Gasteiger partial charge on any atom is -0.148 e. The Morgan fingerprint density at radius 1 is 1.27 bits per heavy atom. The lowest BCUT2D eigenvalue weighted by Crippen LogP contribution is -1.95. The summed E-state index contributed by atoms with van der Waals surface area (Å²) in [5.41, 5.74) is 2.14. The molecule has 2 unspecified atom stereocenters. The summed E-state index contributed by atoms with van der Waals surface area (Å²) in [7, 11) is 0. The van der Waals surface area contributed by atoms with E-state index in [2.05, 4.69) is 33.4 Å². The van der Waals surface area contributed by atoms with Crippen LogP contribution in [0.5, 0.6) is 0 Å². The maximum atomic E-state index is 4.50. The smallest absolute Gasteiger partial charge is 0.0185 e. The molecule has 0 N–H and O–H groups in total. The first-order valence-electron chi connectivity index (χ1n) is 4.41. The molecule has 2 atom stereocenters. The second kappa shape index (κ2) is 2.07. The van der Waals surface area contributed by atoms with Crippen molar-refractivity contribution in [2.24, 2.45) is 17.3 Å². The summed E-state index contributed by atoms with van der Waals surface area (Å²) in [5.74, 6) is 1.91. The Balaban J connectivity index is 2.18. The molecule has 2 rings (SSSR count). The molecule has 0 nitrogen and oxygen atoms in total. The van der Waals surface area contributed by atoms with E-state index in [-0.39, 0.29) is 0 Å². The fourth-order valence-corrected chi connectivity index (χ4v) is 2.79. The predicted octanol–water partition coefficient (Wildman–Crippen LogP) is 3.26. The number of hydrogen-bond donors (Lipinski definition) is 1. The normalized spacial score (nSPS) is 40.4. The van der Waals surface area contributed by atoms with Gasteiger partial charge in [0.2, 0.25) is 0 Å². The summed E-state index contributed by atoms with van der Waals surface area (Å²) in [6.07, 6.45) is 2.54. The molecule has 0 aromatic heterocycles. The van der Waals surface area contributed by atoms with Gasteiger partial charge in [-0.25, -0.2) is 0 Å². The van der Waals surface area contributed by atoms with Gasteiger partial charge in [0.25, 0.3) is 0 Å². The van der Waals surface area contributed by atoms with Gasteiger partial charge in [0.05, 0.1) is 0 Å². The third-order valence-corrected chi connectivity index (χ3v) is 4.28. The van der Waals surface area contributed by atoms with Crippen LogP contribution in [0.3, 0.4) is 0 Å². The number of allylic oxidation sites excluding steroid dienone is 2. The monoisotopic (exact) mass is 168 g/mol. The quantitative estimate of drug-likeness (QED) is 0.527. The van der Waals surface area contributed by atoms with Crippen LogP contribution in [0.15, 0.2) is 10.5 Å². The summed E-state index contributed by atoms with van der Waals surface area (Å²) in [4.78, 5) is 1.36. The maximum Gasteiger partial charge on any atom is -0.0185 e. The van der Waals surface area contributed by atoms with E-state index in [0.717, 1.165) is 11.8 Å². The van der Waals surface area contributed by atoms with Crippen LogP contribution in [-0.4, -0.2) is 0 Å². The summed E-state index contributed by atoms with van der Waals surface area (Å²) < 4.78 is 0. The van der Waals surface area contributed by atoms with E-state index in [1.807, 2.05) is 0 Å². The fraction of sp³-hybridized carbons (Fsp3) is 0.800. The molecule has 0 aromatic rings. The molecule has 0 radical (unpaired) electrons. The van der Waals surface area contributed by atoms with Crippen LogP contribution >= 0.6 is 12.6 Å².